The molecule has 0 saturated carbocycles. The lowest BCUT2D eigenvalue weighted by atomic mass is 10.1. The molecule has 15 heavy (non-hydrogen) atoms. The molecule has 1 fully saturated rings. The van der Waals surface area contributed by atoms with E-state index in [-0.39, 0.29) is 10.4 Å². The second-order valence-electron chi connectivity index (χ2n) is 3.80. The van der Waals surface area contributed by atoms with Gasteiger partial charge < -0.3 is 4.90 Å². The second kappa shape index (κ2) is 4.69. The van der Waals surface area contributed by atoms with Crippen LogP contribution in [-0.4, -0.2) is 24.5 Å². The third-order valence-corrected chi connectivity index (χ3v) is 3.37. The molecule has 0 aliphatic carbocycles. The topological polar surface area (TPSA) is 3.24 Å². The first-order valence-electron chi connectivity index (χ1n) is 4.98. The third-order valence-electron chi connectivity index (χ3n) is 2.67. The summed E-state index contributed by atoms with van der Waals surface area (Å²) in [4.78, 5) is 2.25. The van der Waals surface area contributed by atoms with E-state index in [1.54, 1.807) is 12.1 Å². The van der Waals surface area contributed by atoms with Gasteiger partial charge in [0.25, 0.3) is 0 Å². The molecule has 0 N–H and O–H groups in total. The summed E-state index contributed by atoms with van der Waals surface area (Å²) in [6.07, 6.45) is 1.23. The molecular weight excluding hydrogens is 236 g/mol. The highest BCUT2D eigenvalue weighted by Gasteiger charge is 2.19. The van der Waals surface area contributed by atoms with Crippen molar-refractivity contribution in [3.05, 3.63) is 34.6 Å². The van der Waals surface area contributed by atoms with Gasteiger partial charge in [0.15, 0.2) is 0 Å². The number of likely N-dealkylation sites (tertiary alicyclic amines) is 1. The Labute approximate surface area is 98.8 Å². The number of halogens is 3. The maximum Gasteiger partial charge on any atom is 0.142 e. The van der Waals surface area contributed by atoms with E-state index < -0.39 is 5.82 Å². The van der Waals surface area contributed by atoms with Crippen molar-refractivity contribution < 1.29 is 4.39 Å². The zero-order valence-electron chi connectivity index (χ0n) is 8.22. The van der Waals surface area contributed by atoms with Crippen LogP contribution in [0.2, 0.25) is 5.02 Å². The van der Waals surface area contributed by atoms with E-state index in [9.17, 15) is 4.39 Å². The Morgan fingerprint density at radius 3 is 2.67 bits per heavy atom. The summed E-state index contributed by atoms with van der Waals surface area (Å²) < 4.78 is 13.2. The van der Waals surface area contributed by atoms with Crippen LogP contribution in [0.1, 0.15) is 17.4 Å². The lowest BCUT2D eigenvalue weighted by Crippen LogP contribution is -2.39. The summed E-state index contributed by atoms with van der Waals surface area (Å²) in [6, 6.07) is 4.75. The van der Waals surface area contributed by atoms with Gasteiger partial charge in [-0.25, -0.2) is 4.39 Å². The Morgan fingerprint density at radius 1 is 1.40 bits per heavy atom. The molecule has 1 aliphatic rings. The van der Waals surface area contributed by atoms with Crippen molar-refractivity contribution in [3.63, 3.8) is 0 Å². The van der Waals surface area contributed by atoms with Gasteiger partial charge >= 0.3 is 0 Å². The van der Waals surface area contributed by atoms with E-state index in [1.165, 1.54) is 12.5 Å². The lowest BCUT2D eigenvalue weighted by Gasteiger charge is -2.32. The van der Waals surface area contributed by atoms with Crippen LogP contribution in [0, 0.1) is 5.82 Å². The van der Waals surface area contributed by atoms with Crippen LogP contribution < -0.4 is 0 Å². The first-order valence-corrected chi connectivity index (χ1v) is 5.79. The van der Waals surface area contributed by atoms with Gasteiger partial charge in [-0.05, 0) is 37.2 Å². The van der Waals surface area contributed by atoms with E-state index in [0.717, 1.165) is 25.2 Å². The monoisotopic (exact) mass is 247 g/mol. The zero-order chi connectivity index (χ0) is 10.8. The Bertz CT molecular complexity index is 352. The van der Waals surface area contributed by atoms with Crippen molar-refractivity contribution in [1.82, 2.24) is 4.90 Å². The molecule has 1 heterocycles. The standard InChI is InChI=1S/C11H12Cl2FN/c12-9-3-2-8(6-11(9)14)10(13)7-15-4-1-5-15/h2-3,6,10H,1,4-5,7H2. The summed E-state index contributed by atoms with van der Waals surface area (Å²) in [5, 5.41) is -0.0105. The third kappa shape index (κ3) is 2.63. The lowest BCUT2D eigenvalue weighted by molar-refractivity contribution is 0.181. The second-order valence-corrected chi connectivity index (χ2v) is 4.73. The quantitative estimate of drug-likeness (QED) is 0.740. The van der Waals surface area contributed by atoms with E-state index in [0.29, 0.717) is 0 Å². The van der Waals surface area contributed by atoms with Gasteiger partial charge in [0.05, 0.1) is 10.4 Å². The number of rotatable bonds is 3. The van der Waals surface area contributed by atoms with Gasteiger partial charge in [-0.2, -0.15) is 0 Å². The van der Waals surface area contributed by atoms with Gasteiger partial charge in [0.2, 0.25) is 0 Å². The fraction of sp³-hybridized carbons (Fsp3) is 0.455. The SMILES string of the molecule is Fc1cc(C(Cl)CN2CCC2)ccc1Cl. The van der Waals surface area contributed by atoms with Crippen LogP contribution in [0.4, 0.5) is 4.39 Å². The minimum atomic E-state index is -0.400. The Kier molecular flexibility index (Phi) is 3.49. The molecule has 0 radical (unpaired) electrons. The van der Waals surface area contributed by atoms with Crippen LogP contribution in [0.3, 0.4) is 0 Å². The van der Waals surface area contributed by atoms with Crippen molar-refractivity contribution in [2.45, 2.75) is 11.8 Å². The molecule has 1 aliphatic heterocycles. The maximum absolute atomic E-state index is 13.2. The molecular formula is C11H12Cl2FN. The molecule has 0 spiro atoms. The molecule has 0 bridgehead atoms. The Balaban J connectivity index is 2.03. The van der Waals surface area contributed by atoms with Crippen molar-refractivity contribution in [2.75, 3.05) is 19.6 Å². The first-order chi connectivity index (χ1) is 7.16. The minimum absolute atomic E-state index is 0.145. The van der Waals surface area contributed by atoms with Gasteiger partial charge in [-0.15, -0.1) is 11.6 Å². The molecule has 1 aromatic rings. The fourth-order valence-electron chi connectivity index (χ4n) is 1.60. The predicted octanol–water partition coefficient (Wildman–Crippen LogP) is 3.46. The Hall–Kier alpha value is -0.310. The van der Waals surface area contributed by atoms with Crippen molar-refractivity contribution in [3.8, 4) is 0 Å². The molecule has 1 nitrogen and oxygen atoms in total. The van der Waals surface area contributed by atoms with E-state index in [2.05, 4.69) is 4.90 Å². The van der Waals surface area contributed by atoms with Gasteiger partial charge in [0.1, 0.15) is 5.82 Å². The molecule has 0 amide bonds. The van der Waals surface area contributed by atoms with Gasteiger partial charge in [-0.1, -0.05) is 17.7 Å². The normalized spacial score (nSPS) is 18.6. The van der Waals surface area contributed by atoms with Crippen molar-refractivity contribution in [1.29, 1.82) is 0 Å². The van der Waals surface area contributed by atoms with Crippen LogP contribution in [0.25, 0.3) is 0 Å². The molecule has 2 rings (SSSR count). The van der Waals surface area contributed by atoms with E-state index in [1.807, 2.05) is 0 Å². The summed E-state index contributed by atoms with van der Waals surface area (Å²) in [5.41, 5.74) is 0.797. The summed E-state index contributed by atoms with van der Waals surface area (Å²) in [6.45, 7) is 2.97. The highest BCUT2D eigenvalue weighted by Crippen LogP contribution is 2.26. The zero-order valence-corrected chi connectivity index (χ0v) is 9.73. The number of alkyl halides is 1. The summed E-state index contributed by atoms with van der Waals surface area (Å²) >= 11 is 11.8. The molecule has 4 heteroatoms. The largest absolute Gasteiger partial charge is 0.301 e. The van der Waals surface area contributed by atoms with Crippen LogP contribution >= 0.6 is 23.2 Å². The van der Waals surface area contributed by atoms with E-state index >= 15 is 0 Å². The van der Waals surface area contributed by atoms with Gasteiger partial charge in [0, 0.05) is 6.54 Å². The highest BCUT2D eigenvalue weighted by atomic mass is 35.5. The van der Waals surface area contributed by atoms with Crippen molar-refractivity contribution >= 4 is 23.2 Å². The van der Waals surface area contributed by atoms with E-state index in [4.69, 9.17) is 23.2 Å². The highest BCUT2D eigenvalue weighted by molar-refractivity contribution is 6.30. The molecule has 82 valence electrons. The van der Waals surface area contributed by atoms with Crippen LogP contribution in [0.5, 0.6) is 0 Å². The first kappa shape index (κ1) is 11.2. The average Bonchev–Trinajstić information content (AvgIpc) is 2.15. The number of hydrogen-bond acceptors (Lipinski definition) is 1. The van der Waals surface area contributed by atoms with Crippen molar-refractivity contribution in [2.24, 2.45) is 0 Å². The summed E-state index contributed by atoms with van der Waals surface area (Å²) in [5.74, 6) is -0.400. The number of benzene rings is 1. The predicted molar refractivity (Wildman–Crippen MR) is 61.1 cm³/mol. The fourth-order valence-corrected chi connectivity index (χ4v) is 2.05. The molecule has 1 aromatic carbocycles. The number of nitrogens with zero attached hydrogens (tertiary/aromatic N) is 1. The van der Waals surface area contributed by atoms with Gasteiger partial charge in [-0.3, -0.25) is 0 Å². The number of hydrogen-bond donors (Lipinski definition) is 0. The molecule has 1 atom stereocenters. The Morgan fingerprint density at radius 2 is 2.13 bits per heavy atom. The van der Waals surface area contributed by atoms with Crippen LogP contribution in [0.15, 0.2) is 18.2 Å². The van der Waals surface area contributed by atoms with Crippen LogP contribution in [-0.2, 0) is 0 Å². The average molecular weight is 248 g/mol. The maximum atomic E-state index is 13.2. The smallest absolute Gasteiger partial charge is 0.142 e. The minimum Gasteiger partial charge on any atom is -0.301 e. The molecule has 0 aromatic heterocycles. The summed E-state index contributed by atoms with van der Waals surface area (Å²) in [7, 11) is 0. The molecule has 1 saturated heterocycles. The molecule has 1 unspecified atom stereocenters.